The maximum absolute atomic E-state index is 11.3. The summed E-state index contributed by atoms with van der Waals surface area (Å²) in [5, 5.41) is 3.44. The van der Waals surface area contributed by atoms with Gasteiger partial charge in [0.2, 0.25) is 0 Å². The molecule has 2 atom stereocenters. The highest BCUT2D eigenvalue weighted by molar-refractivity contribution is 5.67. The van der Waals surface area contributed by atoms with Crippen molar-refractivity contribution in [3.63, 3.8) is 0 Å². The molecule has 3 fully saturated rings. The van der Waals surface area contributed by atoms with E-state index in [2.05, 4.69) is 5.32 Å². The van der Waals surface area contributed by atoms with E-state index in [1.807, 2.05) is 4.90 Å². The Hall–Kier alpha value is -0.770. The van der Waals surface area contributed by atoms with Crippen LogP contribution in [0.1, 0.15) is 12.8 Å². The van der Waals surface area contributed by atoms with Crippen LogP contribution in [0.5, 0.6) is 0 Å². The number of nitrogens with zero attached hydrogens (tertiary/aromatic N) is 1. The number of methoxy groups -OCH3 is 1. The molecule has 3 aliphatic heterocycles. The smallest absolute Gasteiger partial charge is 0.409 e. The number of rotatable bonds is 0. The number of piperidine rings is 1. The molecule has 3 aliphatic rings. The van der Waals surface area contributed by atoms with Crippen molar-refractivity contribution in [3.05, 3.63) is 0 Å². The highest BCUT2D eigenvalue weighted by Gasteiger charge is 2.31. The van der Waals surface area contributed by atoms with Crippen LogP contribution in [0.25, 0.3) is 0 Å². The van der Waals surface area contributed by atoms with Gasteiger partial charge in [-0.2, -0.15) is 0 Å². The molecule has 1 amide bonds. The number of nitrogens with one attached hydrogen (secondary N) is 1. The van der Waals surface area contributed by atoms with Gasteiger partial charge in [0.25, 0.3) is 0 Å². The summed E-state index contributed by atoms with van der Waals surface area (Å²) in [7, 11) is 1.45. The Morgan fingerprint density at radius 1 is 1.46 bits per heavy atom. The van der Waals surface area contributed by atoms with Crippen molar-refractivity contribution in [1.82, 2.24) is 10.2 Å². The Bertz CT molecular complexity index is 186. The minimum Gasteiger partial charge on any atom is -0.453 e. The number of hydrogen-bond acceptors (Lipinski definition) is 3. The Balaban J connectivity index is 2.03. The van der Waals surface area contributed by atoms with E-state index < -0.39 is 0 Å². The van der Waals surface area contributed by atoms with E-state index >= 15 is 0 Å². The molecule has 3 heterocycles. The van der Waals surface area contributed by atoms with Crippen molar-refractivity contribution in [2.75, 3.05) is 26.7 Å². The van der Waals surface area contributed by atoms with Crippen molar-refractivity contribution < 1.29 is 9.53 Å². The van der Waals surface area contributed by atoms with E-state index in [1.54, 1.807) is 0 Å². The Morgan fingerprint density at radius 2 is 2.31 bits per heavy atom. The molecule has 0 aromatic carbocycles. The van der Waals surface area contributed by atoms with Gasteiger partial charge < -0.3 is 15.0 Å². The van der Waals surface area contributed by atoms with Gasteiger partial charge in [0, 0.05) is 19.1 Å². The summed E-state index contributed by atoms with van der Waals surface area (Å²) in [5.74, 6) is 0.623. The van der Waals surface area contributed by atoms with Crippen molar-refractivity contribution in [3.8, 4) is 0 Å². The lowest BCUT2D eigenvalue weighted by atomic mass is 9.97. The molecule has 3 saturated heterocycles. The quantitative estimate of drug-likeness (QED) is 0.594. The minimum atomic E-state index is -0.180. The third kappa shape index (κ3) is 1.77. The normalized spacial score (nSPS) is 32.8. The van der Waals surface area contributed by atoms with Gasteiger partial charge in [-0.25, -0.2) is 4.79 Å². The summed E-state index contributed by atoms with van der Waals surface area (Å²) in [6, 6.07) is 0.484. The number of fused-ring (bicyclic) bond motifs is 4. The van der Waals surface area contributed by atoms with Crippen LogP contribution in [0.3, 0.4) is 0 Å². The lowest BCUT2D eigenvalue weighted by molar-refractivity contribution is 0.122. The fraction of sp³-hybridized carbons (Fsp3) is 0.889. The van der Waals surface area contributed by atoms with Crippen LogP contribution in [-0.4, -0.2) is 43.8 Å². The third-order valence-electron chi connectivity index (χ3n) is 2.97. The molecule has 0 aromatic rings. The molecule has 0 unspecified atom stereocenters. The van der Waals surface area contributed by atoms with Crippen LogP contribution in [0, 0.1) is 5.92 Å². The standard InChI is InChI=1S/C9H16N2O2/c1-13-9(12)11-5-7-2-3-8(6-11)10-4-7/h7-8,10H,2-6H2,1H3/t7-,8-/m1/s1. The molecular weight excluding hydrogens is 168 g/mol. The van der Waals surface area contributed by atoms with Gasteiger partial charge in [-0.3, -0.25) is 0 Å². The molecule has 4 nitrogen and oxygen atoms in total. The van der Waals surface area contributed by atoms with Gasteiger partial charge in [-0.15, -0.1) is 0 Å². The second-order valence-corrected chi connectivity index (χ2v) is 3.92. The maximum Gasteiger partial charge on any atom is 0.409 e. The van der Waals surface area contributed by atoms with Gasteiger partial charge in [-0.05, 0) is 25.3 Å². The highest BCUT2D eigenvalue weighted by atomic mass is 16.5. The Morgan fingerprint density at radius 3 is 2.92 bits per heavy atom. The lowest BCUT2D eigenvalue weighted by Crippen LogP contribution is -2.40. The topological polar surface area (TPSA) is 41.6 Å². The molecule has 0 aromatic heterocycles. The van der Waals surface area contributed by atoms with Crippen LogP contribution in [-0.2, 0) is 4.74 Å². The molecule has 13 heavy (non-hydrogen) atoms. The highest BCUT2D eigenvalue weighted by Crippen LogP contribution is 2.21. The Labute approximate surface area is 78.2 Å². The first-order valence-corrected chi connectivity index (χ1v) is 4.86. The van der Waals surface area contributed by atoms with Gasteiger partial charge >= 0.3 is 6.09 Å². The molecule has 0 saturated carbocycles. The fourth-order valence-electron chi connectivity index (χ4n) is 2.22. The molecule has 0 spiro atoms. The summed E-state index contributed by atoms with van der Waals surface area (Å²) in [4.78, 5) is 13.1. The maximum atomic E-state index is 11.3. The summed E-state index contributed by atoms with van der Waals surface area (Å²) < 4.78 is 4.73. The second-order valence-electron chi connectivity index (χ2n) is 3.92. The predicted molar refractivity (Wildman–Crippen MR) is 48.5 cm³/mol. The van der Waals surface area contributed by atoms with Crippen LogP contribution in [0.15, 0.2) is 0 Å². The van der Waals surface area contributed by atoms with E-state index in [1.165, 1.54) is 20.0 Å². The summed E-state index contributed by atoms with van der Waals surface area (Å²) >= 11 is 0. The number of carbonyl (C=O) groups is 1. The van der Waals surface area contributed by atoms with Crippen molar-refractivity contribution in [2.24, 2.45) is 5.92 Å². The molecule has 0 radical (unpaired) electrons. The molecular formula is C9H16N2O2. The van der Waals surface area contributed by atoms with Gasteiger partial charge in [0.05, 0.1) is 7.11 Å². The number of carbonyl (C=O) groups excluding carboxylic acids is 1. The van der Waals surface area contributed by atoms with Crippen LogP contribution in [0.4, 0.5) is 4.79 Å². The number of amides is 1. The SMILES string of the molecule is COC(=O)N1C[C@@H]2CC[C@H](C1)NC2. The molecule has 1 N–H and O–H groups in total. The molecule has 74 valence electrons. The molecule has 2 bridgehead atoms. The van der Waals surface area contributed by atoms with Crippen molar-refractivity contribution >= 4 is 6.09 Å². The van der Waals surface area contributed by atoms with Crippen LogP contribution >= 0.6 is 0 Å². The average Bonchev–Trinajstić information content (AvgIpc) is 2.49. The van der Waals surface area contributed by atoms with Crippen LogP contribution < -0.4 is 5.32 Å². The molecule has 4 heteroatoms. The zero-order chi connectivity index (χ0) is 9.26. The minimum absolute atomic E-state index is 0.180. The summed E-state index contributed by atoms with van der Waals surface area (Å²) in [6.07, 6.45) is 2.25. The zero-order valence-electron chi connectivity index (χ0n) is 7.95. The van der Waals surface area contributed by atoms with Gasteiger partial charge in [-0.1, -0.05) is 0 Å². The Kier molecular flexibility index (Phi) is 2.40. The van der Waals surface area contributed by atoms with Crippen molar-refractivity contribution in [2.45, 2.75) is 18.9 Å². The average molecular weight is 184 g/mol. The number of ether oxygens (including phenoxy) is 1. The first-order valence-electron chi connectivity index (χ1n) is 4.86. The second kappa shape index (κ2) is 3.54. The monoisotopic (exact) mass is 184 g/mol. The van der Waals surface area contributed by atoms with Crippen molar-refractivity contribution in [1.29, 1.82) is 0 Å². The molecule has 0 aliphatic carbocycles. The van der Waals surface area contributed by atoms with E-state index in [9.17, 15) is 4.79 Å². The number of hydrogen-bond donors (Lipinski definition) is 1. The van der Waals surface area contributed by atoms with Gasteiger partial charge in [0.15, 0.2) is 0 Å². The van der Waals surface area contributed by atoms with Gasteiger partial charge in [0.1, 0.15) is 0 Å². The fourth-order valence-corrected chi connectivity index (χ4v) is 2.22. The van der Waals surface area contributed by atoms with E-state index in [0.717, 1.165) is 19.6 Å². The zero-order valence-corrected chi connectivity index (χ0v) is 7.95. The first-order chi connectivity index (χ1) is 6.29. The first kappa shape index (κ1) is 8.81. The van der Waals surface area contributed by atoms with E-state index in [4.69, 9.17) is 4.74 Å². The van der Waals surface area contributed by atoms with Crippen LogP contribution in [0.2, 0.25) is 0 Å². The predicted octanol–water partition coefficient (Wildman–Crippen LogP) is 0.437. The lowest BCUT2D eigenvalue weighted by Gasteiger charge is -2.22. The molecule has 3 rings (SSSR count). The summed E-state index contributed by atoms with van der Waals surface area (Å²) in [5.41, 5.74) is 0. The van der Waals surface area contributed by atoms with E-state index in [0.29, 0.717) is 12.0 Å². The largest absolute Gasteiger partial charge is 0.453 e. The third-order valence-corrected chi connectivity index (χ3v) is 2.97. The summed E-state index contributed by atoms with van der Waals surface area (Å²) in [6.45, 7) is 2.72. The van der Waals surface area contributed by atoms with E-state index in [-0.39, 0.29) is 6.09 Å².